The highest BCUT2D eigenvalue weighted by atomic mass is 35.5. The summed E-state index contributed by atoms with van der Waals surface area (Å²) in [5, 5.41) is 21.7. The van der Waals surface area contributed by atoms with Crippen LogP contribution < -0.4 is 4.74 Å². The minimum atomic E-state index is -0.712. The number of rotatable bonds is 4. The zero-order valence-electron chi connectivity index (χ0n) is 15.0. The molecule has 1 heterocycles. The average molecular weight is 418 g/mol. The van der Waals surface area contributed by atoms with E-state index in [4.69, 9.17) is 21.1 Å². The van der Waals surface area contributed by atoms with Gasteiger partial charge in [-0.3, -0.25) is 0 Å². The van der Waals surface area contributed by atoms with Gasteiger partial charge >= 0.3 is 5.97 Å². The van der Waals surface area contributed by atoms with Crippen molar-refractivity contribution in [1.29, 1.82) is 0 Å². The van der Waals surface area contributed by atoms with Crippen LogP contribution in [0.1, 0.15) is 5.56 Å². The number of phenols is 1. The Bertz CT molecular complexity index is 1010. The van der Waals surface area contributed by atoms with Crippen molar-refractivity contribution in [2.75, 3.05) is 14.2 Å². The summed E-state index contributed by atoms with van der Waals surface area (Å²) >= 11 is 6.97. The topological polar surface area (TPSA) is 88.4 Å². The number of carbonyl (C=O) groups excluding carboxylic acids is 1. The summed E-state index contributed by atoms with van der Waals surface area (Å²) in [6.07, 6.45) is 1.55. The molecule has 144 valence electrons. The second-order valence-corrected chi connectivity index (χ2v) is 7.08. The van der Waals surface area contributed by atoms with E-state index in [0.717, 1.165) is 11.8 Å². The minimum absolute atomic E-state index is 0.0453. The van der Waals surface area contributed by atoms with E-state index in [1.54, 1.807) is 48.5 Å². The summed E-state index contributed by atoms with van der Waals surface area (Å²) in [7, 11) is 2.67. The number of aromatic hydroxyl groups is 1. The van der Waals surface area contributed by atoms with E-state index >= 15 is 0 Å². The van der Waals surface area contributed by atoms with Gasteiger partial charge in [-0.25, -0.2) is 9.79 Å². The van der Waals surface area contributed by atoms with Crippen LogP contribution in [0.3, 0.4) is 0 Å². The predicted octanol–water partition coefficient (Wildman–Crippen LogP) is 4.86. The lowest BCUT2D eigenvalue weighted by Gasteiger charge is -2.06. The first-order chi connectivity index (χ1) is 13.4. The molecule has 2 N–H and O–H groups in total. The van der Waals surface area contributed by atoms with Crippen LogP contribution in [0.4, 0.5) is 5.69 Å². The van der Waals surface area contributed by atoms with Crippen LogP contribution in [0.15, 0.2) is 63.7 Å². The smallest absolute Gasteiger partial charge is 0.344 e. The Kier molecular flexibility index (Phi) is 5.96. The number of phenolic OH excluding ortho intramolecular Hbond substituents is 1. The van der Waals surface area contributed by atoms with Crippen LogP contribution in [0.2, 0.25) is 5.02 Å². The SMILES string of the molecule is COC(=O)C1=C(O)C(=Cc2cccc(OC)c2O)SC1=Nc1ccc(Cl)cc1. The second kappa shape index (κ2) is 8.41. The fourth-order valence-corrected chi connectivity index (χ4v) is 3.64. The normalized spacial score (nSPS) is 16.7. The van der Waals surface area contributed by atoms with E-state index in [0.29, 0.717) is 26.9 Å². The maximum absolute atomic E-state index is 12.2. The van der Waals surface area contributed by atoms with Gasteiger partial charge in [0.1, 0.15) is 16.4 Å². The number of halogens is 1. The van der Waals surface area contributed by atoms with Gasteiger partial charge < -0.3 is 19.7 Å². The molecule has 6 nitrogen and oxygen atoms in total. The van der Waals surface area contributed by atoms with Gasteiger partial charge in [-0.1, -0.05) is 35.5 Å². The number of aliphatic imine (C=N–C) groups is 1. The highest BCUT2D eigenvalue weighted by Crippen LogP contribution is 2.42. The van der Waals surface area contributed by atoms with Crippen LogP contribution in [0.25, 0.3) is 6.08 Å². The molecular weight excluding hydrogens is 402 g/mol. The molecule has 0 bridgehead atoms. The van der Waals surface area contributed by atoms with Gasteiger partial charge in [0.05, 0.1) is 24.8 Å². The van der Waals surface area contributed by atoms with Gasteiger partial charge in [0.25, 0.3) is 0 Å². The Hall–Kier alpha value is -2.90. The van der Waals surface area contributed by atoms with Gasteiger partial charge in [0, 0.05) is 10.6 Å². The van der Waals surface area contributed by atoms with Crippen molar-refractivity contribution in [1.82, 2.24) is 0 Å². The first-order valence-corrected chi connectivity index (χ1v) is 9.26. The zero-order chi connectivity index (χ0) is 20.3. The Morgan fingerprint density at radius 2 is 1.86 bits per heavy atom. The maximum atomic E-state index is 12.2. The number of aliphatic hydroxyl groups excluding tert-OH is 1. The largest absolute Gasteiger partial charge is 0.506 e. The molecule has 1 aliphatic rings. The van der Waals surface area contributed by atoms with Gasteiger partial charge in [-0.15, -0.1) is 0 Å². The lowest BCUT2D eigenvalue weighted by Crippen LogP contribution is -2.10. The average Bonchev–Trinajstić information content (AvgIpc) is 2.99. The number of aliphatic hydroxyl groups is 1. The van der Waals surface area contributed by atoms with Crippen molar-refractivity contribution in [3.8, 4) is 11.5 Å². The van der Waals surface area contributed by atoms with Crippen molar-refractivity contribution in [3.63, 3.8) is 0 Å². The molecule has 3 rings (SSSR count). The minimum Gasteiger partial charge on any atom is -0.506 e. The van der Waals surface area contributed by atoms with E-state index in [-0.39, 0.29) is 22.1 Å². The molecule has 0 spiro atoms. The molecule has 2 aromatic rings. The molecular formula is C20H16ClNO5S. The van der Waals surface area contributed by atoms with Crippen LogP contribution >= 0.6 is 23.4 Å². The van der Waals surface area contributed by atoms with Crippen LogP contribution in [0, 0.1) is 0 Å². The summed E-state index contributed by atoms with van der Waals surface area (Å²) < 4.78 is 9.88. The molecule has 28 heavy (non-hydrogen) atoms. The maximum Gasteiger partial charge on any atom is 0.344 e. The second-order valence-electron chi connectivity index (χ2n) is 5.62. The van der Waals surface area contributed by atoms with Crippen LogP contribution in [0.5, 0.6) is 11.5 Å². The number of para-hydroxylation sites is 1. The van der Waals surface area contributed by atoms with Crippen LogP contribution in [-0.2, 0) is 9.53 Å². The fourth-order valence-electron chi connectivity index (χ4n) is 2.49. The quantitative estimate of drug-likeness (QED) is 0.691. The third-order valence-electron chi connectivity index (χ3n) is 3.87. The number of carbonyl (C=O) groups is 1. The first-order valence-electron chi connectivity index (χ1n) is 8.06. The van der Waals surface area contributed by atoms with Crippen molar-refractivity contribution in [2.24, 2.45) is 4.99 Å². The molecule has 0 radical (unpaired) electrons. The highest BCUT2D eigenvalue weighted by molar-refractivity contribution is 8.18. The molecule has 2 aromatic carbocycles. The van der Waals surface area contributed by atoms with E-state index in [1.165, 1.54) is 14.2 Å². The van der Waals surface area contributed by atoms with Gasteiger partial charge in [-0.2, -0.15) is 0 Å². The predicted molar refractivity (Wildman–Crippen MR) is 110 cm³/mol. The third-order valence-corrected chi connectivity index (χ3v) is 5.15. The Morgan fingerprint density at radius 1 is 1.14 bits per heavy atom. The number of nitrogens with zero attached hydrogens (tertiary/aromatic N) is 1. The van der Waals surface area contributed by atoms with Crippen molar-refractivity contribution < 1.29 is 24.5 Å². The Labute approximate surface area is 170 Å². The summed E-state index contributed by atoms with van der Waals surface area (Å²) in [5.41, 5.74) is 0.938. The van der Waals surface area contributed by atoms with Crippen molar-refractivity contribution in [3.05, 3.63) is 69.3 Å². The molecule has 8 heteroatoms. The molecule has 0 aromatic heterocycles. The number of hydrogen-bond donors (Lipinski definition) is 2. The number of methoxy groups -OCH3 is 2. The number of ether oxygens (including phenoxy) is 2. The molecule has 0 amide bonds. The Balaban J connectivity index is 2.06. The van der Waals surface area contributed by atoms with Gasteiger partial charge in [-0.05, 0) is 36.4 Å². The van der Waals surface area contributed by atoms with Gasteiger partial charge in [0.2, 0.25) is 0 Å². The van der Waals surface area contributed by atoms with Gasteiger partial charge in [0.15, 0.2) is 11.5 Å². The molecule has 0 saturated heterocycles. The number of thioether (sulfide) groups is 1. The molecule has 0 aliphatic carbocycles. The molecule has 0 fully saturated rings. The first kappa shape index (κ1) is 19.9. The molecule has 0 saturated carbocycles. The number of benzene rings is 2. The molecule has 0 unspecified atom stereocenters. The number of esters is 1. The standard InChI is InChI=1S/C20H16ClNO5S/c1-26-14-5-3-4-11(17(14)23)10-15-18(24)16(20(25)27-2)19(28-15)22-13-8-6-12(21)7-9-13/h3-10,23-24H,1-2H3. The third kappa shape index (κ3) is 4.00. The van der Waals surface area contributed by atoms with E-state index < -0.39 is 5.97 Å². The summed E-state index contributed by atoms with van der Waals surface area (Å²) in [5.74, 6) is -0.763. The zero-order valence-corrected chi connectivity index (χ0v) is 16.5. The molecule has 0 atom stereocenters. The van der Waals surface area contributed by atoms with E-state index in [2.05, 4.69) is 4.99 Å². The summed E-state index contributed by atoms with van der Waals surface area (Å²) in [4.78, 5) is 17.0. The lowest BCUT2D eigenvalue weighted by molar-refractivity contribution is -0.135. The molecule has 1 aliphatic heterocycles. The van der Waals surface area contributed by atoms with Crippen molar-refractivity contribution >= 4 is 46.1 Å². The fraction of sp³-hybridized carbons (Fsp3) is 0.100. The number of hydrogen-bond acceptors (Lipinski definition) is 7. The summed E-state index contributed by atoms with van der Waals surface area (Å²) in [6, 6.07) is 11.7. The van der Waals surface area contributed by atoms with E-state index in [9.17, 15) is 15.0 Å². The van der Waals surface area contributed by atoms with E-state index in [1.807, 2.05) is 0 Å². The monoisotopic (exact) mass is 417 g/mol. The lowest BCUT2D eigenvalue weighted by atomic mass is 10.1. The van der Waals surface area contributed by atoms with Crippen LogP contribution in [-0.4, -0.2) is 35.4 Å². The summed E-state index contributed by atoms with van der Waals surface area (Å²) in [6.45, 7) is 0. The highest BCUT2D eigenvalue weighted by Gasteiger charge is 2.33. The van der Waals surface area contributed by atoms with Crippen molar-refractivity contribution in [2.45, 2.75) is 0 Å². The Morgan fingerprint density at radius 3 is 2.50 bits per heavy atom.